The van der Waals surface area contributed by atoms with E-state index in [0.29, 0.717) is 5.69 Å². The van der Waals surface area contributed by atoms with E-state index in [2.05, 4.69) is 16.6 Å². The van der Waals surface area contributed by atoms with Crippen molar-refractivity contribution in [2.45, 2.75) is 20.1 Å². The van der Waals surface area contributed by atoms with Crippen LogP contribution in [-0.4, -0.2) is 19.3 Å². The van der Waals surface area contributed by atoms with Crippen molar-refractivity contribution in [3.8, 4) is 0 Å². The fourth-order valence-corrected chi connectivity index (χ4v) is 1.32. The second-order valence-electron chi connectivity index (χ2n) is 2.68. The average Bonchev–Trinajstić information content (AvgIpc) is 2.61. The van der Waals surface area contributed by atoms with E-state index in [0.717, 1.165) is 12.2 Å². The molecular weight excluding hydrogens is 154 g/mol. The Bertz CT molecular complexity index is 388. The van der Waals surface area contributed by atoms with E-state index in [1.54, 1.807) is 4.52 Å². The molecule has 0 fully saturated rings. The van der Waals surface area contributed by atoms with Crippen molar-refractivity contribution in [1.29, 1.82) is 0 Å². The molecule has 1 N–H and O–H groups in total. The van der Waals surface area contributed by atoms with Crippen LogP contribution in [0.2, 0.25) is 0 Å². The number of hydrogen-bond donors (Lipinski definition) is 1. The van der Waals surface area contributed by atoms with Crippen molar-refractivity contribution < 1.29 is 5.11 Å². The second-order valence-corrected chi connectivity index (χ2v) is 2.68. The number of nitrogens with zero attached hydrogens (tertiary/aromatic N) is 3. The first kappa shape index (κ1) is 7.36. The van der Waals surface area contributed by atoms with Crippen molar-refractivity contribution >= 4 is 5.65 Å². The molecule has 2 aromatic heterocycles. The van der Waals surface area contributed by atoms with Crippen LogP contribution in [0.3, 0.4) is 0 Å². The second kappa shape index (κ2) is 2.64. The van der Waals surface area contributed by atoms with Gasteiger partial charge in [-0.2, -0.15) is 5.10 Å². The molecule has 0 aliphatic heterocycles. The summed E-state index contributed by atoms with van der Waals surface area (Å²) < 4.78 is 3.85. The topological polar surface area (TPSA) is 42.5 Å². The lowest BCUT2D eigenvalue weighted by Crippen LogP contribution is -1.90. The molecule has 0 saturated heterocycles. The number of hydrogen-bond acceptors (Lipinski definition) is 2. The van der Waals surface area contributed by atoms with Crippen LogP contribution in [0.15, 0.2) is 18.5 Å². The maximum atomic E-state index is 8.84. The van der Waals surface area contributed by atoms with Crippen molar-refractivity contribution in [2.24, 2.45) is 0 Å². The molecule has 2 aromatic rings. The number of aryl methyl sites for hydroxylation is 1. The molecule has 0 spiro atoms. The molecule has 0 aliphatic rings. The summed E-state index contributed by atoms with van der Waals surface area (Å²) in [4.78, 5) is 0. The number of aliphatic hydroxyl groups excluding tert-OH is 1. The molecule has 2 heterocycles. The molecule has 0 unspecified atom stereocenters. The molecule has 0 atom stereocenters. The van der Waals surface area contributed by atoms with Crippen LogP contribution in [-0.2, 0) is 13.2 Å². The Balaban J connectivity index is 2.60. The highest BCUT2D eigenvalue weighted by Gasteiger charge is 2.03. The standard InChI is InChI=1S/C8H11N3O/c1-2-10-3-4-11-8(10)5-7(6-12)9-11/h3-5,12H,2,6H2,1H3. The predicted octanol–water partition coefficient (Wildman–Crippen LogP) is 0.648. The van der Waals surface area contributed by atoms with E-state index in [4.69, 9.17) is 5.11 Å². The molecule has 4 nitrogen and oxygen atoms in total. The summed E-state index contributed by atoms with van der Waals surface area (Å²) in [5.74, 6) is 0. The Kier molecular flexibility index (Phi) is 1.62. The molecule has 0 radical (unpaired) electrons. The summed E-state index contributed by atoms with van der Waals surface area (Å²) in [7, 11) is 0. The highest BCUT2D eigenvalue weighted by atomic mass is 16.3. The van der Waals surface area contributed by atoms with Crippen LogP contribution >= 0.6 is 0 Å². The molecule has 0 saturated carbocycles. The Morgan fingerprint density at radius 3 is 3.00 bits per heavy atom. The maximum Gasteiger partial charge on any atom is 0.136 e. The van der Waals surface area contributed by atoms with Gasteiger partial charge in [-0.25, -0.2) is 4.52 Å². The number of aromatic nitrogens is 3. The van der Waals surface area contributed by atoms with Crippen molar-refractivity contribution in [3.05, 3.63) is 24.2 Å². The smallest absolute Gasteiger partial charge is 0.136 e. The van der Waals surface area contributed by atoms with Crippen LogP contribution in [0.5, 0.6) is 0 Å². The lowest BCUT2D eigenvalue weighted by atomic mass is 10.4. The van der Waals surface area contributed by atoms with Crippen molar-refractivity contribution in [2.75, 3.05) is 0 Å². The fourth-order valence-electron chi connectivity index (χ4n) is 1.32. The van der Waals surface area contributed by atoms with E-state index < -0.39 is 0 Å². The summed E-state index contributed by atoms with van der Waals surface area (Å²) >= 11 is 0. The van der Waals surface area contributed by atoms with E-state index in [1.807, 2.05) is 18.5 Å². The van der Waals surface area contributed by atoms with Gasteiger partial charge in [0.05, 0.1) is 12.3 Å². The highest BCUT2D eigenvalue weighted by molar-refractivity contribution is 5.40. The normalized spacial score (nSPS) is 11.2. The largest absolute Gasteiger partial charge is 0.390 e. The first-order chi connectivity index (χ1) is 5.85. The monoisotopic (exact) mass is 165 g/mol. The Morgan fingerprint density at radius 1 is 1.50 bits per heavy atom. The molecule has 0 amide bonds. The first-order valence-electron chi connectivity index (χ1n) is 3.99. The number of aliphatic hydroxyl groups is 1. The minimum absolute atomic E-state index is 0.00535. The van der Waals surface area contributed by atoms with E-state index >= 15 is 0 Å². The zero-order valence-electron chi connectivity index (χ0n) is 6.94. The number of rotatable bonds is 2. The van der Waals surface area contributed by atoms with Crippen LogP contribution in [0.25, 0.3) is 5.65 Å². The lowest BCUT2D eigenvalue weighted by molar-refractivity contribution is 0.276. The van der Waals surface area contributed by atoms with Crippen LogP contribution in [0.4, 0.5) is 0 Å². The summed E-state index contributed by atoms with van der Waals surface area (Å²) in [6, 6.07) is 1.89. The van der Waals surface area contributed by atoms with Gasteiger partial charge in [0.1, 0.15) is 5.65 Å². The van der Waals surface area contributed by atoms with Gasteiger partial charge in [0.2, 0.25) is 0 Å². The molecule has 4 heteroatoms. The maximum absolute atomic E-state index is 8.84. The van der Waals surface area contributed by atoms with Gasteiger partial charge in [-0.05, 0) is 6.92 Å². The molecule has 2 rings (SSSR count). The minimum Gasteiger partial charge on any atom is -0.390 e. The lowest BCUT2D eigenvalue weighted by Gasteiger charge is -1.93. The summed E-state index contributed by atoms with van der Waals surface area (Å²) in [6.07, 6.45) is 3.86. The van der Waals surface area contributed by atoms with Crippen LogP contribution in [0.1, 0.15) is 12.6 Å². The molecule has 0 aliphatic carbocycles. The molecule has 0 aromatic carbocycles. The Morgan fingerprint density at radius 2 is 2.33 bits per heavy atom. The number of imidazole rings is 1. The third-order valence-electron chi connectivity index (χ3n) is 1.95. The van der Waals surface area contributed by atoms with Crippen molar-refractivity contribution in [1.82, 2.24) is 14.2 Å². The van der Waals surface area contributed by atoms with Gasteiger partial charge in [0, 0.05) is 25.0 Å². The molecule has 0 bridgehead atoms. The third kappa shape index (κ3) is 0.921. The summed E-state index contributed by atoms with van der Waals surface area (Å²) in [5, 5.41) is 13.0. The van der Waals surface area contributed by atoms with Gasteiger partial charge < -0.3 is 9.67 Å². The quantitative estimate of drug-likeness (QED) is 0.709. The van der Waals surface area contributed by atoms with Crippen molar-refractivity contribution in [3.63, 3.8) is 0 Å². The molecular formula is C8H11N3O. The highest BCUT2D eigenvalue weighted by Crippen LogP contribution is 2.07. The van der Waals surface area contributed by atoms with Crippen LogP contribution in [0, 0.1) is 0 Å². The Labute approximate surface area is 70.0 Å². The van der Waals surface area contributed by atoms with E-state index in [1.165, 1.54) is 0 Å². The fraction of sp³-hybridized carbons (Fsp3) is 0.375. The summed E-state index contributed by atoms with van der Waals surface area (Å²) in [6.45, 7) is 3.00. The van der Waals surface area contributed by atoms with Gasteiger partial charge in [-0.15, -0.1) is 0 Å². The predicted molar refractivity (Wildman–Crippen MR) is 44.8 cm³/mol. The van der Waals surface area contributed by atoms with Gasteiger partial charge in [0.25, 0.3) is 0 Å². The van der Waals surface area contributed by atoms with E-state index in [-0.39, 0.29) is 6.61 Å². The van der Waals surface area contributed by atoms with Crippen LogP contribution < -0.4 is 0 Å². The SMILES string of the molecule is CCn1ccn2nc(CO)cc12. The average molecular weight is 165 g/mol. The Hall–Kier alpha value is -1.29. The molecule has 64 valence electrons. The zero-order chi connectivity index (χ0) is 8.55. The van der Waals surface area contributed by atoms with Gasteiger partial charge >= 0.3 is 0 Å². The third-order valence-corrected chi connectivity index (χ3v) is 1.95. The van der Waals surface area contributed by atoms with Gasteiger partial charge in [-0.3, -0.25) is 0 Å². The number of fused-ring (bicyclic) bond motifs is 1. The van der Waals surface area contributed by atoms with E-state index in [9.17, 15) is 0 Å². The summed E-state index contributed by atoms with van der Waals surface area (Å²) in [5.41, 5.74) is 1.74. The minimum atomic E-state index is 0.00535. The van der Waals surface area contributed by atoms with Gasteiger partial charge in [0.15, 0.2) is 0 Å². The first-order valence-corrected chi connectivity index (χ1v) is 3.99. The molecule has 12 heavy (non-hydrogen) atoms. The van der Waals surface area contributed by atoms with Gasteiger partial charge in [-0.1, -0.05) is 0 Å². The zero-order valence-corrected chi connectivity index (χ0v) is 6.94.